The second kappa shape index (κ2) is 21.6. The lowest BCUT2D eigenvalue weighted by Crippen LogP contribution is -2.17. The van der Waals surface area contributed by atoms with Crippen LogP contribution in [-0.4, -0.2) is 0 Å². The van der Waals surface area contributed by atoms with Crippen LogP contribution in [-0.2, 0) is 32.5 Å². The molecule has 0 saturated heterocycles. The molecule has 0 saturated carbocycles. The van der Waals surface area contributed by atoms with Gasteiger partial charge in [0, 0.05) is 65.1 Å². The van der Waals surface area contributed by atoms with Crippen molar-refractivity contribution in [2.75, 3.05) is 9.80 Å². The molecule has 0 fully saturated rings. The summed E-state index contributed by atoms with van der Waals surface area (Å²) in [5.74, 6) is 0. The van der Waals surface area contributed by atoms with Crippen molar-refractivity contribution in [2.45, 2.75) is 143 Å². The minimum absolute atomic E-state index is 0.0742. The van der Waals surface area contributed by atoms with Crippen molar-refractivity contribution in [2.24, 2.45) is 0 Å². The topological polar surface area (TPSA) is 6.48 Å². The minimum atomic E-state index is -0.194. The van der Waals surface area contributed by atoms with E-state index in [0.29, 0.717) is 0 Å². The average molecular weight is 1180 g/mol. The maximum Gasteiger partial charge on any atom is 0.0465 e. The quantitative estimate of drug-likeness (QED) is 0.126. The zero-order chi connectivity index (χ0) is 62.7. The van der Waals surface area contributed by atoms with E-state index < -0.39 is 0 Å². The molecule has 2 nitrogen and oxygen atoms in total. The summed E-state index contributed by atoms with van der Waals surface area (Å²) in [5, 5.41) is 2.60. The Morgan fingerprint density at radius 3 is 0.787 bits per heavy atom. The molecule has 2 aliphatic carbocycles. The maximum absolute atomic E-state index is 2.44. The number of hydrogen-bond acceptors (Lipinski definition) is 3. The smallest absolute Gasteiger partial charge is 0.0465 e. The van der Waals surface area contributed by atoms with Gasteiger partial charge < -0.3 is 9.80 Å². The summed E-state index contributed by atoms with van der Waals surface area (Å²) in [7, 11) is 0. The van der Waals surface area contributed by atoms with Crippen LogP contribution in [0.1, 0.15) is 178 Å². The number of benzene rings is 10. The van der Waals surface area contributed by atoms with Crippen LogP contribution < -0.4 is 9.80 Å². The van der Waals surface area contributed by atoms with E-state index in [1.54, 1.807) is 0 Å². The predicted octanol–water partition coefficient (Wildman–Crippen LogP) is 25.1. The standard InChI is InChI=1S/C86H86N2S/c1-81(2,3)59-25-33-63(34-26-59)87(64-35-27-60(28-36-64)82(4,5)6)67-41-45-71-69-43-21-57(51-75(69)85(13,14)77(71)53-67)19-17-55-23-47-79-73(49-55)74-50-56(24-48-80(74)89-79)18-20-58-22-44-70-72-46-42-68(54-78(72)86(15,16)76(70)52-58)88(65-37-29-61(30-38-65)83(7,8)9)66-39-31-62(32-40-66)84(10,11)12/h17-54H,1-16H3/b19-17+,20-18+. The highest BCUT2D eigenvalue weighted by molar-refractivity contribution is 7.25. The first-order chi connectivity index (χ1) is 42.1. The lowest BCUT2D eigenvalue weighted by atomic mass is 9.81. The van der Waals surface area contributed by atoms with Crippen LogP contribution in [0.25, 0.3) is 66.7 Å². The summed E-state index contributed by atoms with van der Waals surface area (Å²) in [4.78, 5) is 4.85. The molecule has 13 rings (SSSR count). The Morgan fingerprint density at radius 2 is 0.506 bits per heavy atom. The molecular formula is C86H86N2S. The van der Waals surface area contributed by atoms with E-state index in [0.717, 1.165) is 22.7 Å². The Kier molecular flexibility index (Phi) is 14.5. The Balaban J connectivity index is 0.745. The highest BCUT2D eigenvalue weighted by Crippen LogP contribution is 2.53. The van der Waals surface area contributed by atoms with Crippen LogP contribution in [0.2, 0.25) is 0 Å². The van der Waals surface area contributed by atoms with Gasteiger partial charge in [-0.05, 0) is 208 Å². The second-order valence-corrected chi connectivity index (χ2v) is 31.5. The molecule has 1 heterocycles. The van der Waals surface area contributed by atoms with Gasteiger partial charge in [0.25, 0.3) is 0 Å². The number of thiophene rings is 1. The SMILES string of the molecule is CC(C)(C)c1ccc(N(c2ccc(C(C)(C)C)cc2)c2ccc3c(c2)C(C)(C)c2cc(/C=C/c4ccc5sc6ccc(/C=C/c7ccc8c(c7)C(C)(C)c7cc(N(c9ccc(C(C)(C)C)cc9)c9ccc(C(C)(C)C)cc9)ccc7-8)cc6c5c4)ccc2-3)cc1. The van der Waals surface area contributed by atoms with Crippen molar-refractivity contribution >= 4 is 89.9 Å². The van der Waals surface area contributed by atoms with Crippen molar-refractivity contribution in [3.8, 4) is 22.3 Å². The molecule has 2 aliphatic rings. The van der Waals surface area contributed by atoms with Crippen LogP contribution in [0.4, 0.5) is 34.1 Å². The fourth-order valence-electron chi connectivity index (χ4n) is 13.7. The third-order valence-corrected chi connectivity index (χ3v) is 20.5. The number of fused-ring (bicyclic) bond motifs is 9. The zero-order valence-electron chi connectivity index (χ0n) is 55.2. The van der Waals surface area contributed by atoms with Gasteiger partial charge >= 0.3 is 0 Å². The van der Waals surface area contributed by atoms with Crippen LogP contribution in [0, 0.1) is 0 Å². The lowest BCUT2D eigenvalue weighted by Gasteiger charge is -2.29. The van der Waals surface area contributed by atoms with E-state index in [1.807, 2.05) is 11.3 Å². The third-order valence-electron chi connectivity index (χ3n) is 19.3. The maximum atomic E-state index is 2.44. The first kappa shape index (κ1) is 59.5. The summed E-state index contributed by atoms with van der Waals surface area (Å²) in [6.45, 7) is 37.0. The van der Waals surface area contributed by atoms with Gasteiger partial charge in [0.05, 0.1) is 0 Å². The highest BCUT2D eigenvalue weighted by Gasteiger charge is 2.38. The van der Waals surface area contributed by atoms with Crippen molar-refractivity contribution in [1.82, 2.24) is 0 Å². The van der Waals surface area contributed by atoms with Gasteiger partial charge in [0.15, 0.2) is 0 Å². The Hall–Kier alpha value is -8.50. The fourth-order valence-corrected chi connectivity index (χ4v) is 14.8. The summed E-state index contributed by atoms with van der Waals surface area (Å²) >= 11 is 1.87. The molecule has 0 amide bonds. The average Bonchev–Trinajstić information content (AvgIpc) is 1.63. The molecule has 0 N–H and O–H groups in total. The summed E-state index contributed by atoms with van der Waals surface area (Å²) < 4.78 is 2.61. The molecule has 0 spiro atoms. The normalized spacial score (nSPS) is 14.4. The lowest BCUT2D eigenvalue weighted by molar-refractivity contribution is 0.590. The molecule has 0 bridgehead atoms. The Labute approximate surface area is 535 Å². The molecule has 1 aromatic heterocycles. The minimum Gasteiger partial charge on any atom is -0.310 e. The largest absolute Gasteiger partial charge is 0.310 e. The van der Waals surface area contributed by atoms with Gasteiger partial charge in [-0.1, -0.05) is 244 Å². The van der Waals surface area contributed by atoms with Crippen molar-refractivity contribution in [1.29, 1.82) is 0 Å². The molecule has 10 aromatic carbocycles. The predicted molar refractivity (Wildman–Crippen MR) is 389 cm³/mol. The summed E-state index contributed by atoms with van der Waals surface area (Å²) in [5.41, 5.74) is 27.7. The van der Waals surface area contributed by atoms with Crippen LogP contribution in [0.5, 0.6) is 0 Å². The molecule has 0 aliphatic heterocycles. The monoisotopic (exact) mass is 1180 g/mol. The number of rotatable bonds is 10. The third kappa shape index (κ3) is 11.1. The highest BCUT2D eigenvalue weighted by atomic mass is 32.1. The van der Waals surface area contributed by atoms with E-state index in [2.05, 4.69) is 351 Å². The zero-order valence-corrected chi connectivity index (χ0v) is 56.1. The summed E-state index contributed by atoms with van der Waals surface area (Å²) in [6.07, 6.45) is 9.17. The second-order valence-electron chi connectivity index (χ2n) is 30.5. The molecule has 0 unspecified atom stereocenters. The van der Waals surface area contributed by atoms with E-state index in [9.17, 15) is 0 Å². The van der Waals surface area contributed by atoms with Gasteiger partial charge in [0.1, 0.15) is 0 Å². The van der Waals surface area contributed by atoms with Crippen LogP contribution in [0.15, 0.2) is 206 Å². The van der Waals surface area contributed by atoms with E-state index in [-0.39, 0.29) is 32.5 Å². The van der Waals surface area contributed by atoms with Crippen LogP contribution in [0.3, 0.4) is 0 Å². The molecule has 446 valence electrons. The fraction of sp³-hybridized carbons (Fsp3) is 0.256. The first-order valence-electron chi connectivity index (χ1n) is 32.0. The molecule has 0 radical (unpaired) electrons. The Morgan fingerprint density at radius 1 is 0.270 bits per heavy atom. The Bertz CT molecular complexity index is 4180. The number of anilines is 6. The molecular weight excluding hydrogens is 1090 g/mol. The van der Waals surface area contributed by atoms with Gasteiger partial charge in [0.2, 0.25) is 0 Å². The van der Waals surface area contributed by atoms with Gasteiger partial charge in [-0.15, -0.1) is 11.3 Å². The van der Waals surface area contributed by atoms with Crippen molar-refractivity contribution < 1.29 is 0 Å². The van der Waals surface area contributed by atoms with Gasteiger partial charge in [-0.3, -0.25) is 0 Å². The van der Waals surface area contributed by atoms with E-state index in [4.69, 9.17) is 0 Å². The van der Waals surface area contributed by atoms with E-state index >= 15 is 0 Å². The van der Waals surface area contributed by atoms with Crippen LogP contribution >= 0.6 is 11.3 Å². The molecule has 89 heavy (non-hydrogen) atoms. The van der Waals surface area contributed by atoms with Crippen molar-refractivity contribution in [3.05, 3.63) is 273 Å². The van der Waals surface area contributed by atoms with Gasteiger partial charge in [-0.25, -0.2) is 0 Å². The van der Waals surface area contributed by atoms with E-state index in [1.165, 1.54) is 121 Å². The molecule has 11 aromatic rings. The molecule has 0 atom stereocenters. The first-order valence-corrected chi connectivity index (χ1v) is 32.9. The number of nitrogens with zero attached hydrogens (tertiary/aromatic N) is 2. The molecule has 3 heteroatoms. The van der Waals surface area contributed by atoms with Gasteiger partial charge in [-0.2, -0.15) is 0 Å². The number of hydrogen-bond donors (Lipinski definition) is 0. The van der Waals surface area contributed by atoms with Crippen molar-refractivity contribution in [3.63, 3.8) is 0 Å². The summed E-state index contributed by atoms with van der Waals surface area (Å²) in [6, 6.07) is 78.9.